The lowest BCUT2D eigenvalue weighted by Gasteiger charge is -2.17. The Hall–Kier alpha value is -2.26. The highest BCUT2D eigenvalue weighted by molar-refractivity contribution is 7.09. The van der Waals surface area contributed by atoms with E-state index in [0.717, 1.165) is 10.7 Å². The van der Waals surface area contributed by atoms with Gasteiger partial charge in [0.05, 0.1) is 22.2 Å². The molecule has 9 heteroatoms. The first-order valence-electron chi connectivity index (χ1n) is 5.75. The van der Waals surface area contributed by atoms with Crippen LogP contribution in [0.2, 0.25) is 0 Å². The van der Waals surface area contributed by atoms with Crippen LogP contribution in [0.3, 0.4) is 0 Å². The summed E-state index contributed by atoms with van der Waals surface area (Å²) in [5.41, 5.74) is 3.16. The van der Waals surface area contributed by atoms with Crippen molar-refractivity contribution >= 4 is 28.7 Å². The van der Waals surface area contributed by atoms with Gasteiger partial charge in [-0.25, -0.2) is 15.8 Å². The third kappa shape index (κ3) is 3.00. The fraction of sp³-hybridized carbons (Fsp3) is 0.273. The van der Waals surface area contributed by atoms with Crippen LogP contribution in [-0.2, 0) is 6.54 Å². The number of nitro groups is 1. The van der Waals surface area contributed by atoms with Crippen LogP contribution < -0.4 is 16.2 Å². The predicted molar refractivity (Wildman–Crippen MR) is 77.7 cm³/mol. The summed E-state index contributed by atoms with van der Waals surface area (Å²) in [6.07, 6.45) is 0. The number of hydrazine groups is 1. The van der Waals surface area contributed by atoms with Crippen molar-refractivity contribution in [1.29, 1.82) is 0 Å². The number of rotatable bonds is 5. The van der Waals surface area contributed by atoms with Crippen molar-refractivity contribution in [3.05, 3.63) is 38.3 Å². The molecule has 0 aliphatic rings. The van der Waals surface area contributed by atoms with Crippen LogP contribution in [0.1, 0.15) is 10.7 Å². The van der Waals surface area contributed by atoms with Crippen molar-refractivity contribution in [2.45, 2.75) is 13.5 Å². The summed E-state index contributed by atoms with van der Waals surface area (Å²) in [7, 11) is 1.73. The average Bonchev–Trinajstić information content (AvgIpc) is 2.83. The number of thiazole rings is 1. The molecule has 0 aromatic carbocycles. The molecule has 0 amide bonds. The zero-order valence-corrected chi connectivity index (χ0v) is 11.8. The Kier molecular flexibility index (Phi) is 4.11. The van der Waals surface area contributed by atoms with E-state index in [0.29, 0.717) is 12.4 Å². The Labute approximate surface area is 119 Å². The summed E-state index contributed by atoms with van der Waals surface area (Å²) in [5.74, 6) is 5.90. The molecule has 2 rings (SSSR count). The molecule has 20 heavy (non-hydrogen) atoms. The number of hydrogen-bond acceptors (Lipinski definition) is 8. The standard InChI is InChI=1S/C11H14N6O2S/c1-7-13-8(6-20-7)5-16(2)11-9(17(18)19)3-4-10(14-11)15-12/h3-4,6H,5,12H2,1-2H3,(H,14,15). The first-order valence-corrected chi connectivity index (χ1v) is 6.63. The highest BCUT2D eigenvalue weighted by Crippen LogP contribution is 2.27. The van der Waals surface area contributed by atoms with Crippen molar-refractivity contribution < 1.29 is 4.92 Å². The summed E-state index contributed by atoms with van der Waals surface area (Å²) in [6.45, 7) is 2.35. The third-order valence-corrected chi connectivity index (χ3v) is 3.45. The number of anilines is 2. The number of nitrogens with zero attached hydrogens (tertiary/aromatic N) is 4. The van der Waals surface area contributed by atoms with Crippen molar-refractivity contribution in [2.75, 3.05) is 17.4 Å². The van der Waals surface area contributed by atoms with Gasteiger partial charge in [0.15, 0.2) is 0 Å². The largest absolute Gasteiger partial charge is 0.348 e. The van der Waals surface area contributed by atoms with Crippen molar-refractivity contribution in [3.63, 3.8) is 0 Å². The molecule has 106 valence electrons. The Morgan fingerprint density at radius 2 is 2.25 bits per heavy atom. The van der Waals surface area contributed by atoms with Gasteiger partial charge in [-0.2, -0.15) is 0 Å². The average molecular weight is 294 g/mol. The molecule has 0 aliphatic carbocycles. The maximum Gasteiger partial charge on any atom is 0.311 e. The summed E-state index contributed by atoms with van der Waals surface area (Å²) < 4.78 is 0. The molecule has 0 bridgehead atoms. The van der Waals surface area contributed by atoms with E-state index in [1.807, 2.05) is 12.3 Å². The Morgan fingerprint density at radius 1 is 1.50 bits per heavy atom. The van der Waals surface area contributed by atoms with Crippen LogP contribution in [0.15, 0.2) is 17.5 Å². The lowest BCUT2D eigenvalue weighted by atomic mass is 10.3. The molecule has 0 fully saturated rings. The number of aryl methyl sites for hydroxylation is 1. The van der Waals surface area contributed by atoms with Gasteiger partial charge in [0.1, 0.15) is 5.82 Å². The second-order valence-corrected chi connectivity index (χ2v) is 5.22. The smallest absolute Gasteiger partial charge is 0.311 e. The van der Waals surface area contributed by atoms with Gasteiger partial charge >= 0.3 is 5.69 Å². The van der Waals surface area contributed by atoms with Gasteiger partial charge in [-0.15, -0.1) is 11.3 Å². The second kappa shape index (κ2) is 5.80. The molecule has 2 aromatic heterocycles. The molecule has 0 aliphatic heterocycles. The lowest BCUT2D eigenvalue weighted by molar-refractivity contribution is -0.384. The van der Waals surface area contributed by atoms with Gasteiger partial charge in [-0.3, -0.25) is 10.1 Å². The van der Waals surface area contributed by atoms with E-state index in [4.69, 9.17) is 5.84 Å². The van der Waals surface area contributed by atoms with Crippen molar-refractivity contribution in [2.24, 2.45) is 5.84 Å². The Morgan fingerprint density at radius 3 is 2.80 bits per heavy atom. The zero-order chi connectivity index (χ0) is 14.7. The minimum absolute atomic E-state index is 0.0709. The maximum absolute atomic E-state index is 11.1. The van der Waals surface area contributed by atoms with Crippen LogP contribution in [0.25, 0.3) is 0 Å². The van der Waals surface area contributed by atoms with Gasteiger partial charge in [0.25, 0.3) is 0 Å². The number of aromatic nitrogens is 2. The van der Waals surface area contributed by atoms with Crippen molar-refractivity contribution in [1.82, 2.24) is 9.97 Å². The molecular formula is C11H14N6O2S. The summed E-state index contributed by atoms with van der Waals surface area (Å²) >= 11 is 1.54. The van der Waals surface area contributed by atoms with Gasteiger partial charge in [0, 0.05) is 18.5 Å². The number of nitrogen functional groups attached to an aromatic ring is 1. The topological polar surface area (TPSA) is 110 Å². The fourth-order valence-corrected chi connectivity index (χ4v) is 2.35. The molecule has 0 radical (unpaired) electrons. The first kappa shape index (κ1) is 14.2. The Bertz CT molecular complexity index is 629. The Balaban J connectivity index is 2.31. The molecule has 2 heterocycles. The second-order valence-electron chi connectivity index (χ2n) is 4.15. The fourth-order valence-electron chi connectivity index (χ4n) is 1.74. The van der Waals surface area contributed by atoms with Gasteiger partial charge < -0.3 is 10.3 Å². The van der Waals surface area contributed by atoms with Crippen LogP contribution in [0.4, 0.5) is 17.3 Å². The molecule has 8 nitrogen and oxygen atoms in total. The third-order valence-electron chi connectivity index (χ3n) is 2.63. The zero-order valence-electron chi connectivity index (χ0n) is 11.0. The van der Waals surface area contributed by atoms with Crippen LogP contribution in [-0.4, -0.2) is 21.9 Å². The van der Waals surface area contributed by atoms with Crippen LogP contribution >= 0.6 is 11.3 Å². The minimum atomic E-state index is -0.467. The van der Waals surface area contributed by atoms with E-state index in [-0.39, 0.29) is 11.5 Å². The van der Waals surface area contributed by atoms with E-state index >= 15 is 0 Å². The highest BCUT2D eigenvalue weighted by Gasteiger charge is 2.20. The first-order chi connectivity index (χ1) is 9.51. The molecule has 2 aromatic rings. The van der Waals surface area contributed by atoms with Crippen LogP contribution in [0.5, 0.6) is 0 Å². The molecule has 3 N–H and O–H groups in total. The quantitative estimate of drug-likeness (QED) is 0.490. The maximum atomic E-state index is 11.1. The summed E-state index contributed by atoms with van der Waals surface area (Å²) in [6, 6.07) is 2.84. The monoisotopic (exact) mass is 294 g/mol. The molecule has 0 unspecified atom stereocenters. The van der Waals surface area contributed by atoms with E-state index in [1.165, 1.54) is 23.5 Å². The molecule has 0 spiro atoms. The summed E-state index contributed by atoms with van der Waals surface area (Å²) in [5, 5.41) is 13.9. The lowest BCUT2D eigenvalue weighted by Crippen LogP contribution is -2.20. The molecular weight excluding hydrogens is 280 g/mol. The normalized spacial score (nSPS) is 10.3. The number of hydrogen-bond donors (Lipinski definition) is 2. The van der Waals surface area contributed by atoms with Gasteiger partial charge in [-0.1, -0.05) is 0 Å². The number of pyridine rings is 1. The highest BCUT2D eigenvalue weighted by atomic mass is 32.1. The van der Waals surface area contributed by atoms with E-state index in [9.17, 15) is 10.1 Å². The van der Waals surface area contributed by atoms with Crippen LogP contribution in [0, 0.1) is 17.0 Å². The van der Waals surface area contributed by atoms with Gasteiger partial charge in [-0.05, 0) is 13.0 Å². The summed E-state index contributed by atoms with van der Waals surface area (Å²) in [4.78, 5) is 20.7. The number of nitrogens with two attached hydrogens (primary N) is 1. The van der Waals surface area contributed by atoms with E-state index in [2.05, 4.69) is 15.4 Å². The van der Waals surface area contributed by atoms with Crippen molar-refractivity contribution in [3.8, 4) is 0 Å². The minimum Gasteiger partial charge on any atom is -0.348 e. The van der Waals surface area contributed by atoms with E-state index in [1.54, 1.807) is 11.9 Å². The SMILES string of the molecule is Cc1nc(CN(C)c2nc(NN)ccc2[N+](=O)[O-])cs1. The van der Waals surface area contributed by atoms with Gasteiger partial charge in [0.2, 0.25) is 5.82 Å². The molecule has 0 saturated heterocycles. The molecule has 0 atom stereocenters. The number of nitrogens with one attached hydrogen (secondary N) is 1. The predicted octanol–water partition coefficient (Wildman–Crippen LogP) is 1.68. The molecule has 0 saturated carbocycles. The van der Waals surface area contributed by atoms with E-state index < -0.39 is 4.92 Å².